The number of aromatic nitrogens is 8. The molecule has 0 atom stereocenters. The van der Waals surface area contributed by atoms with Crippen molar-refractivity contribution in [3.63, 3.8) is 0 Å². The maximum absolute atomic E-state index is 11.4. The molecule has 0 saturated carbocycles. The van der Waals surface area contributed by atoms with Crippen LogP contribution < -0.4 is 79.6 Å². The van der Waals surface area contributed by atoms with Gasteiger partial charge in [0.2, 0.25) is 0 Å². The molecule has 0 bridgehead atoms. The average Bonchev–Trinajstić information content (AvgIpc) is 1.80. The van der Waals surface area contributed by atoms with Crippen molar-refractivity contribution < 1.29 is 111 Å². The van der Waals surface area contributed by atoms with Gasteiger partial charge < -0.3 is 22.9 Å². The SMILES string of the molecule is CCO.Cc1cc(C)c(S(=O)(=O)O)c(C)c1.Cc1cc(C)c(S(=O)(=O)O)c(C)c1.Cc1cc(C)c(S(=O)(=O)ON)c(C)c1.Cc1cccc2nc(-c3cncc(Br)c3)nn12.Cc1cccc[nH+]1.Cc1cccc[nH+]1.Cc1ccccn1.ClCCl.N.N.N#Cc1cncc(Br)c1.[K+].[OH-]. The molecule has 10 rings (SSSR count). The smallest absolute Gasteiger partial charge is 0.870 e. The van der Waals surface area contributed by atoms with Gasteiger partial charge in [-0.2, -0.15) is 40.7 Å². The molecular formula is C66H87Br2Cl2KN12O11S3+2. The number of halogens is 4. The molecule has 0 radical (unpaired) electrons. The van der Waals surface area contributed by atoms with Crippen LogP contribution in [0, 0.1) is 101 Å². The fourth-order valence-corrected chi connectivity index (χ4v) is 11.9. The van der Waals surface area contributed by atoms with Gasteiger partial charge in [0.25, 0.3) is 20.2 Å². The van der Waals surface area contributed by atoms with Gasteiger partial charge in [-0.1, -0.05) is 77.4 Å². The Morgan fingerprint density at radius 2 is 0.979 bits per heavy atom. The van der Waals surface area contributed by atoms with E-state index < -0.39 is 30.4 Å². The zero-order valence-corrected chi connectivity index (χ0v) is 67.3. The zero-order chi connectivity index (χ0) is 70.6. The summed E-state index contributed by atoms with van der Waals surface area (Å²) in [6.45, 7) is 25.7. The van der Waals surface area contributed by atoms with Crippen molar-refractivity contribution in [1.82, 2.24) is 41.9 Å². The molecule has 522 valence electrons. The van der Waals surface area contributed by atoms with Crippen molar-refractivity contribution in [1.29, 1.82) is 5.26 Å². The number of pyridine rings is 6. The minimum atomic E-state index is -4.08. The second-order valence-electron chi connectivity index (χ2n) is 19.9. The fourth-order valence-electron chi connectivity index (χ4n) is 8.34. The summed E-state index contributed by atoms with van der Waals surface area (Å²) in [5.74, 6) is 5.41. The van der Waals surface area contributed by atoms with Crippen molar-refractivity contribution in [2.24, 2.45) is 5.90 Å². The van der Waals surface area contributed by atoms with Gasteiger partial charge in [-0.05, 0) is 185 Å². The van der Waals surface area contributed by atoms with E-state index in [1.54, 1.807) is 116 Å². The summed E-state index contributed by atoms with van der Waals surface area (Å²) in [6, 6.07) is 39.9. The molecule has 14 N–H and O–H groups in total. The average molecular weight is 1590 g/mol. The van der Waals surface area contributed by atoms with Gasteiger partial charge in [0.15, 0.2) is 35.3 Å². The van der Waals surface area contributed by atoms with Gasteiger partial charge in [-0.3, -0.25) is 24.1 Å². The summed E-state index contributed by atoms with van der Waals surface area (Å²) in [5, 5.41) is 20.6. The number of rotatable bonds is 5. The number of nitrogens with one attached hydrogen (secondary N) is 2. The second kappa shape index (κ2) is 50.5. The molecule has 0 aliphatic rings. The van der Waals surface area contributed by atoms with Crippen LogP contribution in [0.15, 0.2) is 188 Å². The third kappa shape index (κ3) is 38.4. The van der Waals surface area contributed by atoms with Gasteiger partial charge in [0, 0.05) is 102 Å². The van der Waals surface area contributed by atoms with Crippen LogP contribution in [-0.4, -0.2) is 86.4 Å². The van der Waals surface area contributed by atoms with Crippen molar-refractivity contribution >= 4 is 91.1 Å². The molecule has 0 saturated heterocycles. The van der Waals surface area contributed by atoms with Crippen molar-refractivity contribution in [2.45, 2.75) is 112 Å². The Morgan fingerprint density at radius 1 is 0.588 bits per heavy atom. The van der Waals surface area contributed by atoms with Crippen LogP contribution in [-0.2, 0) is 34.6 Å². The van der Waals surface area contributed by atoms with Crippen LogP contribution in [0.3, 0.4) is 0 Å². The molecule has 0 amide bonds. The molecule has 7 aromatic heterocycles. The van der Waals surface area contributed by atoms with Gasteiger partial charge in [0.05, 0.1) is 20.7 Å². The van der Waals surface area contributed by atoms with Gasteiger partial charge >= 0.3 is 61.5 Å². The molecule has 97 heavy (non-hydrogen) atoms. The normalized spacial score (nSPS) is 9.78. The van der Waals surface area contributed by atoms with Crippen LogP contribution in [0.5, 0.6) is 0 Å². The number of aromatic amines is 2. The van der Waals surface area contributed by atoms with E-state index in [9.17, 15) is 25.3 Å². The number of benzene rings is 3. The van der Waals surface area contributed by atoms with Crippen LogP contribution >= 0.6 is 55.1 Å². The summed E-state index contributed by atoms with van der Waals surface area (Å²) in [5.41, 5.74) is 13.5. The molecule has 0 aliphatic heterocycles. The van der Waals surface area contributed by atoms with Crippen LogP contribution in [0.1, 0.15) is 85.3 Å². The van der Waals surface area contributed by atoms with Gasteiger partial charge in [0.1, 0.15) is 11.0 Å². The number of alkyl halides is 2. The number of aliphatic hydroxyl groups is 1. The van der Waals surface area contributed by atoms with Crippen LogP contribution in [0.2, 0.25) is 0 Å². The molecule has 3 aromatic carbocycles. The number of fused-ring (bicyclic) bond motifs is 1. The Labute approximate surface area is 640 Å². The predicted octanol–water partition coefficient (Wildman–Crippen LogP) is 11.1. The molecule has 0 fully saturated rings. The number of nitrogens with zero attached hydrogens (tertiary/aromatic N) is 7. The number of aryl methyl sites for hydroxylation is 13. The van der Waals surface area contributed by atoms with E-state index in [1.165, 1.54) is 17.6 Å². The number of nitrogens with two attached hydrogens (primary N) is 1. The minimum absolute atomic E-state index is 0. The predicted molar refractivity (Wildman–Crippen MR) is 385 cm³/mol. The van der Waals surface area contributed by atoms with Crippen molar-refractivity contribution in [2.75, 3.05) is 11.9 Å². The first-order chi connectivity index (χ1) is 43.6. The van der Waals surface area contributed by atoms with E-state index in [0.717, 1.165) is 48.2 Å². The number of aliphatic hydroxyl groups excluding tert-OH is 1. The minimum Gasteiger partial charge on any atom is -0.870 e. The fraction of sp³-hybridized carbons (Fsp3) is 0.242. The van der Waals surface area contributed by atoms with E-state index in [1.807, 2.05) is 150 Å². The number of hydrogen-bond acceptors (Lipinski definition) is 18. The van der Waals surface area contributed by atoms with Gasteiger partial charge in [-0.25, -0.2) is 19.5 Å². The Kier molecular flexibility index (Phi) is 50.9. The molecular weight excluding hydrogens is 1500 g/mol. The van der Waals surface area contributed by atoms with Gasteiger partial charge in [-0.15, -0.1) is 28.3 Å². The summed E-state index contributed by atoms with van der Waals surface area (Å²) in [7, 11) is -12.0. The topological polar surface area (TPSA) is 419 Å². The summed E-state index contributed by atoms with van der Waals surface area (Å²) in [6.07, 6.45) is 12.3. The summed E-state index contributed by atoms with van der Waals surface area (Å²) in [4.78, 5) is 22.6. The molecule has 0 spiro atoms. The van der Waals surface area contributed by atoms with Crippen LogP contribution in [0.4, 0.5) is 0 Å². The van der Waals surface area contributed by atoms with E-state index in [0.29, 0.717) is 44.8 Å². The maximum atomic E-state index is 11.4. The number of nitriles is 1. The first-order valence-electron chi connectivity index (χ1n) is 27.8. The first kappa shape index (κ1) is 97.6. The summed E-state index contributed by atoms with van der Waals surface area (Å²) < 4.78 is 92.0. The zero-order valence-electron chi connectivity index (χ0n) is 57.0. The molecule has 31 heteroatoms. The molecule has 7 heterocycles. The molecule has 0 aliphatic carbocycles. The molecule has 10 aromatic rings. The molecule has 23 nitrogen and oxygen atoms in total. The van der Waals surface area contributed by atoms with Crippen LogP contribution in [0.25, 0.3) is 17.0 Å². The van der Waals surface area contributed by atoms with E-state index in [4.69, 9.17) is 48.6 Å². The third-order valence-electron chi connectivity index (χ3n) is 11.6. The Bertz CT molecular complexity index is 4080. The number of H-pyrrole nitrogens is 2. The van der Waals surface area contributed by atoms with E-state index in [2.05, 4.69) is 71.1 Å². The monoisotopic (exact) mass is 1590 g/mol. The van der Waals surface area contributed by atoms with Crippen molar-refractivity contribution in [3.05, 3.63) is 252 Å². The Hall–Kier alpha value is -5.77. The third-order valence-corrected chi connectivity index (χ3v) is 16.2. The van der Waals surface area contributed by atoms with E-state index >= 15 is 0 Å². The maximum Gasteiger partial charge on any atom is 1.00 e. The summed E-state index contributed by atoms with van der Waals surface area (Å²) >= 11 is 16.1. The second-order valence-corrected chi connectivity index (χ2v) is 26.8. The van der Waals surface area contributed by atoms with Crippen molar-refractivity contribution in [3.8, 4) is 17.5 Å². The first-order valence-corrected chi connectivity index (χ1v) is 34.8. The molecule has 0 unspecified atom stereocenters. The quantitative estimate of drug-likeness (QED) is 0.0403. The Balaban J connectivity index is -0.000000509. The largest absolute Gasteiger partial charge is 1.00 e. The Morgan fingerprint density at radius 3 is 1.26 bits per heavy atom. The number of hydrogen-bond donors (Lipinski definition) is 6. The standard InChI is InChI=1S/C12H9BrN4.C9H13NO3S.2C9H12O3S.C6H3BrN2.3C6H7N.C2H6O.CH2Cl2.K.2H3N.H2O/c1-8-3-2-4-11-15-12(16-17(8)11)9-5-10(13)7-14-6-9;1-6-4-7(2)9(8(3)5-6)14(11,12)13-10;2*1-6-4-7(2)9(8(3)5-6)13(10,11)12;7-6-1-5(2-8)3-9-4-6;3*1-6-4-2-3-5-7-6;1-2-3;2-1-3;;;;/h2-7H,1H3;4-5H,10H2,1-3H3;2*4-5H,1-3H3,(H,10,11,12);1,3-4H;3*2-5H,1H3;3H,2H2,1H3;1H2;;2*1H3;1H2/q;;;;;;;;;;+1;;;/p+1. The van der Waals surface area contributed by atoms with E-state index in [-0.39, 0.29) is 95.8 Å².